The lowest BCUT2D eigenvalue weighted by atomic mass is 10.2. The number of ether oxygens (including phenoxy) is 1. The van der Waals surface area contributed by atoms with E-state index in [9.17, 15) is 0 Å². The molecule has 0 aliphatic carbocycles. The Morgan fingerprint density at radius 3 is 2.95 bits per heavy atom. The van der Waals surface area contributed by atoms with Gasteiger partial charge in [0.05, 0.1) is 19.8 Å². The molecule has 6 nitrogen and oxygen atoms in total. The van der Waals surface area contributed by atoms with Gasteiger partial charge in [-0.05, 0) is 12.8 Å². The van der Waals surface area contributed by atoms with Crippen molar-refractivity contribution < 1.29 is 4.74 Å². The van der Waals surface area contributed by atoms with Gasteiger partial charge in [0.15, 0.2) is 0 Å². The van der Waals surface area contributed by atoms with Gasteiger partial charge in [-0.2, -0.15) is 0 Å². The minimum atomic E-state index is 0.694. The highest BCUT2D eigenvalue weighted by molar-refractivity contribution is 7.15. The molecule has 0 aromatic carbocycles. The Balaban J connectivity index is 1.46. The van der Waals surface area contributed by atoms with Crippen LogP contribution in [-0.2, 0) is 11.3 Å². The summed E-state index contributed by atoms with van der Waals surface area (Å²) in [4.78, 5) is 5.09. The predicted molar refractivity (Wildman–Crippen MR) is 84.8 cm³/mol. The van der Waals surface area contributed by atoms with Gasteiger partial charge in [0.1, 0.15) is 5.01 Å². The van der Waals surface area contributed by atoms with Crippen molar-refractivity contribution in [2.24, 2.45) is 0 Å². The lowest BCUT2D eigenvalue weighted by Gasteiger charge is -2.32. The number of nitrogens with one attached hydrogen (secondary N) is 1. The van der Waals surface area contributed by atoms with Gasteiger partial charge in [-0.1, -0.05) is 18.3 Å². The van der Waals surface area contributed by atoms with E-state index < -0.39 is 0 Å². The molecule has 2 aliphatic heterocycles. The summed E-state index contributed by atoms with van der Waals surface area (Å²) < 4.78 is 5.44. The van der Waals surface area contributed by atoms with Crippen molar-refractivity contribution in [1.29, 1.82) is 0 Å². The van der Waals surface area contributed by atoms with Crippen LogP contribution in [0.4, 0.5) is 5.13 Å². The summed E-state index contributed by atoms with van der Waals surface area (Å²) in [6, 6.07) is 0.694. The first-order chi connectivity index (χ1) is 10.3. The molecule has 1 aromatic heterocycles. The molecular formula is C14H25N5OS. The summed E-state index contributed by atoms with van der Waals surface area (Å²) in [5.41, 5.74) is 0. The molecule has 2 saturated heterocycles. The molecule has 1 aromatic rings. The summed E-state index contributed by atoms with van der Waals surface area (Å²) in [5, 5.41) is 13.9. The Kier molecular flexibility index (Phi) is 5.40. The average Bonchev–Trinajstić information content (AvgIpc) is 3.16. The molecule has 0 amide bonds. The number of aromatic nitrogens is 2. The van der Waals surface area contributed by atoms with Crippen molar-refractivity contribution >= 4 is 16.5 Å². The molecule has 1 atom stereocenters. The monoisotopic (exact) mass is 311 g/mol. The first kappa shape index (κ1) is 15.1. The molecule has 21 heavy (non-hydrogen) atoms. The van der Waals surface area contributed by atoms with Crippen LogP contribution in [0.15, 0.2) is 0 Å². The summed E-state index contributed by atoms with van der Waals surface area (Å²) >= 11 is 1.69. The Hall–Kier alpha value is -0.760. The van der Waals surface area contributed by atoms with E-state index in [2.05, 4.69) is 32.2 Å². The number of hydrogen-bond acceptors (Lipinski definition) is 7. The minimum absolute atomic E-state index is 0.694. The zero-order valence-corrected chi connectivity index (χ0v) is 13.6. The standard InChI is InChI=1S/C14H25N5OS/c1-2-4-15-14-17-16-13(21-14)11-18-5-3-12(10-18)19-6-8-20-9-7-19/h12H,2-11H2,1H3,(H,15,17). The number of likely N-dealkylation sites (tertiary alicyclic amines) is 1. The molecule has 0 saturated carbocycles. The Morgan fingerprint density at radius 2 is 2.14 bits per heavy atom. The second-order valence-corrected chi connectivity index (χ2v) is 6.82. The van der Waals surface area contributed by atoms with E-state index in [1.54, 1.807) is 11.3 Å². The minimum Gasteiger partial charge on any atom is -0.379 e. The highest BCUT2D eigenvalue weighted by Crippen LogP contribution is 2.22. The van der Waals surface area contributed by atoms with Gasteiger partial charge in [-0.3, -0.25) is 9.80 Å². The zero-order valence-electron chi connectivity index (χ0n) is 12.8. The van der Waals surface area contributed by atoms with Gasteiger partial charge in [-0.25, -0.2) is 0 Å². The van der Waals surface area contributed by atoms with Crippen LogP contribution < -0.4 is 5.32 Å². The Labute approximate surface area is 130 Å². The molecule has 7 heteroatoms. The van der Waals surface area contributed by atoms with Crippen LogP contribution in [0, 0.1) is 0 Å². The Morgan fingerprint density at radius 1 is 1.29 bits per heavy atom. The van der Waals surface area contributed by atoms with E-state index in [0.717, 1.165) is 62.5 Å². The summed E-state index contributed by atoms with van der Waals surface area (Å²) in [7, 11) is 0. The van der Waals surface area contributed by atoms with Gasteiger partial charge in [0, 0.05) is 38.8 Å². The third kappa shape index (κ3) is 4.12. The number of morpholine rings is 1. The van der Waals surface area contributed by atoms with Crippen molar-refractivity contribution in [2.45, 2.75) is 32.4 Å². The van der Waals surface area contributed by atoms with Crippen molar-refractivity contribution in [1.82, 2.24) is 20.0 Å². The molecule has 2 aliphatic rings. The van der Waals surface area contributed by atoms with Gasteiger partial charge < -0.3 is 10.1 Å². The van der Waals surface area contributed by atoms with Gasteiger partial charge in [-0.15, -0.1) is 10.2 Å². The van der Waals surface area contributed by atoms with Crippen LogP contribution in [0.2, 0.25) is 0 Å². The summed E-state index contributed by atoms with van der Waals surface area (Å²) in [6.45, 7) is 10.3. The van der Waals surface area contributed by atoms with Crippen LogP contribution in [0.25, 0.3) is 0 Å². The van der Waals surface area contributed by atoms with Crippen molar-refractivity contribution in [2.75, 3.05) is 51.3 Å². The normalized spacial score (nSPS) is 24.5. The maximum atomic E-state index is 5.44. The molecule has 1 unspecified atom stereocenters. The molecule has 3 heterocycles. The first-order valence-electron chi connectivity index (χ1n) is 7.95. The fraction of sp³-hybridized carbons (Fsp3) is 0.857. The largest absolute Gasteiger partial charge is 0.379 e. The third-order valence-electron chi connectivity index (χ3n) is 4.16. The van der Waals surface area contributed by atoms with Crippen LogP contribution in [-0.4, -0.2) is 72.0 Å². The van der Waals surface area contributed by atoms with E-state index in [-0.39, 0.29) is 0 Å². The topological polar surface area (TPSA) is 53.5 Å². The van der Waals surface area contributed by atoms with Crippen molar-refractivity contribution in [3.8, 4) is 0 Å². The van der Waals surface area contributed by atoms with Crippen LogP contribution in [0.5, 0.6) is 0 Å². The van der Waals surface area contributed by atoms with E-state index in [4.69, 9.17) is 4.74 Å². The maximum Gasteiger partial charge on any atom is 0.205 e. The zero-order chi connectivity index (χ0) is 14.5. The van der Waals surface area contributed by atoms with Crippen LogP contribution in [0.1, 0.15) is 24.8 Å². The molecular weight excluding hydrogens is 286 g/mol. The predicted octanol–water partition coefficient (Wildman–Crippen LogP) is 1.27. The SMILES string of the molecule is CCCNc1nnc(CN2CCC(N3CCOCC3)C2)s1. The van der Waals surface area contributed by atoms with Crippen LogP contribution >= 0.6 is 11.3 Å². The summed E-state index contributed by atoms with van der Waals surface area (Å²) in [5.74, 6) is 0. The van der Waals surface area contributed by atoms with Gasteiger partial charge >= 0.3 is 0 Å². The van der Waals surface area contributed by atoms with Crippen molar-refractivity contribution in [3.05, 3.63) is 5.01 Å². The van der Waals surface area contributed by atoms with E-state index in [1.165, 1.54) is 13.0 Å². The highest BCUT2D eigenvalue weighted by atomic mass is 32.1. The number of anilines is 1. The molecule has 3 rings (SSSR count). The first-order valence-corrected chi connectivity index (χ1v) is 8.77. The van der Waals surface area contributed by atoms with Gasteiger partial charge in [0.25, 0.3) is 0 Å². The highest BCUT2D eigenvalue weighted by Gasteiger charge is 2.29. The second kappa shape index (κ2) is 7.49. The lowest BCUT2D eigenvalue weighted by Crippen LogP contribution is -2.44. The second-order valence-electron chi connectivity index (χ2n) is 5.75. The van der Waals surface area contributed by atoms with Crippen molar-refractivity contribution in [3.63, 3.8) is 0 Å². The smallest absolute Gasteiger partial charge is 0.205 e. The molecule has 2 fully saturated rings. The van der Waals surface area contributed by atoms with Gasteiger partial charge in [0.2, 0.25) is 5.13 Å². The molecule has 0 spiro atoms. The summed E-state index contributed by atoms with van der Waals surface area (Å²) in [6.07, 6.45) is 2.38. The molecule has 118 valence electrons. The quantitative estimate of drug-likeness (QED) is 0.854. The average molecular weight is 311 g/mol. The lowest BCUT2D eigenvalue weighted by molar-refractivity contribution is 0.0184. The maximum absolute atomic E-state index is 5.44. The fourth-order valence-corrected chi connectivity index (χ4v) is 3.82. The van der Waals surface area contributed by atoms with E-state index >= 15 is 0 Å². The Bertz CT molecular complexity index is 435. The third-order valence-corrected chi connectivity index (χ3v) is 5.03. The number of hydrogen-bond donors (Lipinski definition) is 1. The molecule has 0 radical (unpaired) electrons. The molecule has 0 bridgehead atoms. The number of nitrogens with zero attached hydrogens (tertiary/aromatic N) is 4. The van der Waals surface area contributed by atoms with E-state index in [0.29, 0.717) is 6.04 Å². The fourth-order valence-electron chi connectivity index (χ4n) is 3.01. The van der Waals surface area contributed by atoms with E-state index in [1.807, 2.05) is 0 Å². The number of rotatable bonds is 6. The van der Waals surface area contributed by atoms with Crippen LogP contribution in [0.3, 0.4) is 0 Å². The molecule has 1 N–H and O–H groups in total.